The van der Waals surface area contributed by atoms with Gasteiger partial charge in [-0.3, -0.25) is 4.79 Å². The molecule has 0 radical (unpaired) electrons. The fraction of sp³-hybridized carbons (Fsp3) is 0.962. The van der Waals surface area contributed by atoms with Gasteiger partial charge in [0.15, 0.2) is 6.29 Å². The van der Waals surface area contributed by atoms with Crippen molar-refractivity contribution in [1.29, 1.82) is 0 Å². The van der Waals surface area contributed by atoms with Crippen LogP contribution in [0.1, 0.15) is 32.1 Å². The summed E-state index contributed by atoms with van der Waals surface area (Å²) in [7, 11) is 0. The predicted molar refractivity (Wildman–Crippen MR) is 149 cm³/mol. The van der Waals surface area contributed by atoms with Gasteiger partial charge in [0, 0.05) is 50.0 Å². The zero-order valence-corrected chi connectivity index (χ0v) is 24.1. The number of nitrogens with two attached hydrogens (primary N) is 4. The van der Waals surface area contributed by atoms with Crippen molar-refractivity contribution in [2.45, 2.75) is 123 Å². The van der Waals surface area contributed by atoms with Crippen molar-refractivity contribution in [3.05, 3.63) is 0 Å². The largest absolute Gasteiger partial charge is 0.396 e. The van der Waals surface area contributed by atoms with Crippen molar-refractivity contribution in [1.82, 2.24) is 10.6 Å². The third kappa shape index (κ3) is 7.48. The molecule has 2 heterocycles. The predicted octanol–water partition coefficient (Wildman–Crippen LogP) is -7.00. The fourth-order valence-corrected chi connectivity index (χ4v) is 6.69. The molecule has 0 spiro atoms. The second-order valence-corrected chi connectivity index (χ2v) is 12.5. The summed E-state index contributed by atoms with van der Waals surface area (Å²) in [5, 5.41) is 78.6. The quantitative estimate of drug-likeness (QED) is 0.0952. The first-order chi connectivity index (χ1) is 20.3. The smallest absolute Gasteiger partial charge is 0.252 e. The average Bonchev–Trinajstić information content (AvgIpc) is 2.94. The van der Waals surface area contributed by atoms with Gasteiger partial charge in [0.1, 0.15) is 30.0 Å². The van der Waals surface area contributed by atoms with E-state index in [0.29, 0.717) is 13.0 Å². The Hall–Kier alpha value is -1.13. The highest BCUT2D eigenvalue weighted by atomic mass is 16.7. The number of carbonyl (C=O) groups is 1. The molecule has 4 fully saturated rings. The van der Waals surface area contributed by atoms with Crippen LogP contribution in [0, 0.1) is 5.92 Å². The molecule has 17 N–H and O–H groups in total. The summed E-state index contributed by atoms with van der Waals surface area (Å²) in [5.74, 6) is -1.59. The summed E-state index contributed by atoms with van der Waals surface area (Å²) in [4.78, 5) is 13.1. The third-order valence-electron chi connectivity index (χ3n) is 9.25. The van der Waals surface area contributed by atoms with E-state index in [0.717, 1.165) is 0 Å². The molecule has 2 saturated heterocycles. The van der Waals surface area contributed by atoms with Crippen LogP contribution < -0.4 is 33.6 Å². The van der Waals surface area contributed by atoms with Crippen LogP contribution in [0.15, 0.2) is 0 Å². The van der Waals surface area contributed by atoms with E-state index in [1.54, 1.807) is 0 Å². The van der Waals surface area contributed by atoms with Crippen LogP contribution >= 0.6 is 0 Å². The van der Waals surface area contributed by atoms with Crippen molar-refractivity contribution in [2.24, 2.45) is 28.9 Å². The SMILES string of the molecule is NC1CC(O)(C(=O)NC2CC(N)C(C3OC(CNCCCO)C(O)CC3N)C(O)C2OC2OC(CO)C(O)C(N)C2O)C1. The molecule has 4 aliphatic rings. The van der Waals surface area contributed by atoms with E-state index in [2.05, 4.69) is 10.6 Å². The Morgan fingerprint density at radius 2 is 1.63 bits per heavy atom. The lowest BCUT2D eigenvalue weighted by Crippen LogP contribution is -2.71. The molecule has 0 aromatic carbocycles. The standard InChI is InChI=1S/C26H50N6O11/c27-10-6-26(40,7-10)25(39)32-13-4-11(28)17(22-12(29)5-14(35)15(41-22)8-31-2-1-3-33)20(37)23(13)43-24-21(38)18(30)19(36)16(9-34)42-24/h10-24,31,33-38,40H,1-9,27-30H2,(H,32,39). The van der Waals surface area contributed by atoms with Crippen LogP contribution in [0.4, 0.5) is 0 Å². The van der Waals surface area contributed by atoms with Gasteiger partial charge >= 0.3 is 0 Å². The molecule has 17 heteroatoms. The molecule has 14 unspecified atom stereocenters. The Morgan fingerprint density at radius 1 is 0.930 bits per heavy atom. The zero-order chi connectivity index (χ0) is 31.6. The molecule has 1 amide bonds. The zero-order valence-electron chi connectivity index (χ0n) is 24.1. The summed E-state index contributed by atoms with van der Waals surface area (Å²) in [6, 6.07) is -4.10. The van der Waals surface area contributed by atoms with Crippen molar-refractivity contribution in [3.63, 3.8) is 0 Å². The molecule has 2 saturated carbocycles. The van der Waals surface area contributed by atoms with E-state index >= 15 is 0 Å². The number of hydrogen-bond acceptors (Lipinski definition) is 16. The molecule has 2 aliphatic carbocycles. The summed E-state index contributed by atoms with van der Waals surface area (Å²) < 4.78 is 17.9. The monoisotopic (exact) mass is 622 g/mol. The molecule has 2 aliphatic heterocycles. The number of aliphatic hydroxyl groups is 7. The van der Waals surface area contributed by atoms with Gasteiger partial charge < -0.3 is 83.5 Å². The molecule has 0 bridgehead atoms. The summed E-state index contributed by atoms with van der Waals surface area (Å²) in [6.07, 6.45) is -10.1. The average molecular weight is 623 g/mol. The first-order valence-corrected chi connectivity index (χ1v) is 15.0. The van der Waals surface area contributed by atoms with Crippen LogP contribution in [0.3, 0.4) is 0 Å². The number of ether oxygens (including phenoxy) is 3. The van der Waals surface area contributed by atoms with E-state index in [4.69, 9.17) is 42.3 Å². The Balaban J connectivity index is 1.56. The first-order valence-electron chi connectivity index (χ1n) is 15.0. The van der Waals surface area contributed by atoms with Crippen LogP contribution in [-0.2, 0) is 19.0 Å². The van der Waals surface area contributed by atoms with Crippen LogP contribution in [-0.4, -0.2) is 159 Å². The summed E-state index contributed by atoms with van der Waals surface area (Å²) in [5.41, 5.74) is 23.0. The summed E-state index contributed by atoms with van der Waals surface area (Å²) in [6.45, 7) is 0.127. The minimum Gasteiger partial charge on any atom is -0.396 e. The van der Waals surface area contributed by atoms with Gasteiger partial charge in [0.25, 0.3) is 5.91 Å². The minimum atomic E-state index is -1.70. The van der Waals surface area contributed by atoms with E-state index in [-0.39, 0.29) is 44.9 Å². The van der Waals surface area contributed by atoms with E-state index in [9.17, 15) is 35.4 Å². The van der Waals surface area contributed by atoms with Crippen molar-refractivity contribution in [3.8, 4) is 0 Å². The third-order valence-corrected chi connectivity index (χ3v) is 9.25. The number of aliphatic hydroxyl groups excluding tert-OH is 6. The van der Waals surface area contributed by atoms with Crippen LogP contribution in [0.2, 0.25) is 0 Å². The Bertz CT molecular complexity index is 917. The molecule has 17 nitrogen and oxygen atoms in total. The van der Waals surface area contributed by atoms with E-state index in [1.807, 2.05) is 0 Å². The molecule has 250 valence electrons. The fourth-order valence-electron chi connectivity index (χ4n) is 6.69. The van der Waals surface area contributed by atoms with Gasteiger partial charge in [-0.05, 0) is 25.8 Å². The lowest BCUT2D eigenvalue weighted by molar-refractivity contribution is -0.306. The van der Waals surface area contributed by atoms with Gasteiger partial charge in [0.2, 0.25) is 0 Å². The number of nitrogens with one attached hydrogen (secondary N) is 2. The molecular formula is C26H50N6O11. The van der Waals surface area contributed by atoms with Gasteiger partial charge in [-0.25, -0.2) is 0 Å². The molecule has 0 aromatic heterocycles. The van der Waals surface area contributed by atoms with Crippen molar-refractivity contribution in [2.75, 3.05) is 26.3 Å². The normalized spacial score (nSPS) is 48.9. The maximum absolute atomic E-state index is 13.1. The summed E-state index contributed by atoms with van der Waals surface area (Å²) >= 11 is 0. The highest BCUT2D eigenvalue weighted by Crippen LogP contribution is 2.38. The van der Waals surface area contributed by atoms with Crippen molar-refractivity contribution < 1.29 is 54.8 Å². The lowest BCUT2D eigenvalue weighted by atomic mass is 9.71. The Kier molecular flexibility index (Phi) is 11.7. The maximum Gasteiger partial charge on any atom is 0.252 e. The van der Waals surface area contributed by atoms with E-state index in [1.165, 1.54) is 0 Å². The molecule has 43 heavy (non-hydrogen) atoms. The van der Waals surface area contributed by atoms with Gasteiger partial charge in [-0.2, -0.15) is 0 Å². The van der Waals surface area contributed by atoms with Gasteiger partial charge in [0.05, 0.1) is 43.1 Å². The molecular weight excluding hydrogens is 572 g/mol. The number of amides is 1. The van der Waals surface area contributed by atoms with Crippen molar-refractivity contribution >= 4 is 5.91 Å². The Labute approximate surface area is 249 Å². The first kappa shape index (κ1) is 34.7. The van der Waals surface area contributed by atoms with E-state index < -0.39 is 103 Å². The van der Waals surface area contributed by atoms with Crippen LogP contribution in [0.25, 0.3) is 0 Å². The number of hydrogen-bond donors (Lipinski definition) is 13. The molecule has 14 atom stereocenters. The topological polar surface area (TPSA) is 315 Å². The maximum atomic E-state index is 13.1. The number of carbonyl (C=O) groups excluding carboxylic acids is 1. The van der Waals surface area contributed by atoms with Gasteiger partial charge in [-0.1, -0.05) is 0 Å². The van der Waals surface area contributed by atoms with Gasteiger partial charge in [-0.15, -0.1) is 0 Å². The molecule has 0 aromatic rings. The second kappa shape index (κ2) is 14.5. The molecule has 4 rings (SSSR count). The Morgan fingerprint density at radius 3 is 2.26 bits per heavy atom. The lowest BCUT2D eigenvalue weighted by Gasteiger charge is -2.52. The van der Waals surface area contributed by atoms with Crippen LogP contribution in [0.5, 0.6) is 0 Å². The number of rotatable bonds is 11. The minimum absolute atomic E-state index is 0.00329. The second-order valence-electron chi connectivity index (χ2n) is 12.5. The highest BCUT2D eigenvalue weighted by Gasteiger charge is 2.55. The highest BCUT2D eigenvalue weighted by molar-refractivity contribution is 5.86.